The molecule has 0 aliphatic rings. The van der Waals surface area contributed by atoms with Crippen molar-refractivity contribution in [3.8, 4) is 0 Å². The number of carbonyl (C=O) groups is 2. The molecule has 1 unspecified atom stereocenters. The first-order valence-electron chi connectivity index (χ1n) is 10.5. The minimum absolute atomic E-state index is 0.0865. The van der Waals surface area contributed by atoms with Crippen LogP contribution in [0.2, 0.25) is 0 Å². The molecular formula is C23H16Br2F10N2O2. The maximum Gasteiger partial charge on any atom is 0.417 e. The van der Waals surface area contributed by atoms with E-state index in [0.29, 0.717) is 16.6 Å². The van der Waals surface area contributed by atoms with E-state index in [2.05, 4.69) is 31.9 Å². The first kappa shape index (κ1) is 32.6. The van der Waals surface area contributed by atoms with E-state index < -0.39 is 76.9 Å². The molecule has 16 heteroatoms. The molecule has 2 N–H and O–H groups in total. The van der Waals surface area contributed by atoms with Gasteiger partial charge in [0.25, 0.3) is 5.91 Å². The van der Waals surface area contributed by atoms with Gasteiger partial charge in [0.15, 0.2) is 0 Å². The van der Waals surface area contributed by atoms with E-state index in [0.717, 1.165) is 19.1 Å². The van der Waals surface area contributed by atoms with Gasteiger partial charge in [0, 0.05) is 14.5 Å². The number of rotatable bonds is 7. The second-order valence-corrected chi connectivity index (χ2v) is 9.73. The third-order valence-corrected chi connectivity index (χ3v) is 6.78. The van der Waals surface area contributed by atoms with Crippen molar-refractivity contribution in [2.24, 2.45) is 0 Å². The molecule has 4 nitrogen and oxygen atoms in total. The van der Waals surface area contributed by atoms with Gasteiger partial charge in [-0.3, -0.25) is 9.59 Å². The lowest BCUT2D eigenvalue weighted by Gasteiger charge is -2.20. The Morgan fingerprint density at radius 3 is 2.03 bits per heavy atom. The largest absolute Gasteiger partial charge is 0.417 e. The molecule has 39 heavy (non-hydrogen) atoms. The van der Waals surface area contributed by atoms with Crippen molar-refractivity contribution in [2.45, 2.75) is 44.0 Å². The van der Waals surface area contributed by atoms with Crippen molar-refractivity contribution in [1.29, 1.82) is 0 Å². The summed E-state index contributed by atoms with van der Waals surface area (Å²) in [7, 11) is 0. The van der Waals surface area contributed by atoms with Gasteiger partial charge in [-0.2, -0.15) is 39.5 Å². The van der Waals surface area contributed by atoms with E-state index >= 15 is 0 Å². The molecule has 0 aliphatic carbocycles. The number of carbonyl (C=O) groups excluding carboxylic acids is 2. The van der Waals surface area contributed by atoms with Crippen molar-refractivity contribution >= 4 is 49.5 Å². The van der Waals surface area contributed by atoms with Crippen LogP contribution in [0.25, 0.3) is 5.83 Å². The van der Waals surface area contributed by atoms with Crippen molar-refractivity contribution in [3.05, 3.63) is 73.7 Å². The fraction of sp³-hybridized carbons (Fsp3) is 0.304. The molecule has 0 saturated carbocycles. The van der Waals surface area contributed by atoms with Gasteiger partial charge in [-0.1, -0.05) is 12.1 Å². The lowest BCUT2D eigenvalue weighted by atomic mass is 9.95. The molecule has 0 spiro atoms. The highest BCUT2D eigenvalue weighted by atomic mass is 79.9. The quantitative estimate of drug-likeness (QED) is 0.227. The van der Waals surface area contributed by atoms with Crippen LogP contribution >= 0.6 is 31.9 Å². The zero-order valence-corrected chi connectivity index (χ0v) is 22.4. The number of hydrogen-bond acceptors (Lipinski definition) is 2. The van der Waals surface area contributed by atoms with E-state index in [1.54, 1.807) is 5.32 Å². The first-order chi connectivity index (χ1) is 17.7. The van der Waals surface area contributed by atoms with Gasteiger partial charge in [0.1, 0.15) is 18.2 Å². The maximum absolute atomic E-state index is 14.9. The van der Waals surface area contributed by atoms with Crippen molar-refractivity contribution in [3.63, 3.8) is 0 Å². The molecule has 0 heterocycles. The van der Waals surface area contributed by atoms with Gasteiger partial charge in [-0.15, -0.1) is 0 Å². The van der Waals surface area contributed by atoms with E-state index in [1.807, 2.05) is 5.32 Å². The van der Waals surface area contributed by atoms with E-state index in [-0.39, 0.29) is 16.6 Å². The molecule has 0 fully saturated rings. The highest BCUT2D eigenvalue weighted by Gasteiger charge is 2.41. The summed E-state index contributed by atoms with van der Waals surface area (Å²) in [6.45, 7) is 0.980. The monoisotopic (exact) mass is 700 g/mol. The summed E-state index contributed by atoms with van der Waals surface area (Å²) in [4.78, 5) is 23.7. The summed E-state index contributed by atoms with van der Waals surface area (Å²) in [6.07, 6.45) is -18.5. The molecule has 2 rings (SSSR count). The zero-order chi connectivity index (χ0) is 29.9. The van der Waals surface area contributed by atoms with Gasteiger partial charge < -0.3 is 10.6 Å². The lowest BCUT2D eigenvalue weighted by molar-refractivity contribution is -0.154. The number of amides is 2. The van der Waals surface area contributed by atoms with Gasteiger partial charge in [-0.05, 0) is 74.7 Å². The van der Waals surface area contributed by atoms with Gasteiger partial charge >= 0.3 is 18.5 Å². The van der Waals surface area contributed by atoms with Gasteiger partial charge in [-0.25, -0.2) is 4.39 Å². The maximum atomic E-state index is 14.9. The Morgan fingerprint density at radius 2 is 1.51 bits per heavy atom. The number of alkyl halides is 9. The Balaban J connectivity index is 2.40. The van der Waals surface area contributed by atoms with Crippen LogP contribution in [0.4, 0.5) is 43.9 Å². The molecule has 0 bridgehead atoms. The Morgan fingerprint density at radius 1 is 0.897 bits per heavy atom. The minimum Gasteiger partial charge on any atom is -0.336 e. The topological polar surface area (TPSA) is 58.2 Å². The molecule has 0 aromatic heterocycles. The first-order valence-corrected chi connectivity index (χ1v) is 12.0. The Kier molecular flexibility index (Phi) is 10.3. The number of allylic oxidation sites excluding steroid dienone is 1. The fourth-order valence-electron chi connectivity index (χ4n) is 3.24. The number of halogens is 12. The summed E-state index contributed by atoms with van der Waals surface area (Å²) in [5.74, 6) is -7.26. The van der Waals surface area contributed by atoms with Gasteiger partial charge in [0.2, 0.25) is 5.91 Å². The molecule has 0 saturated heterocycles. The van der Waals surface area contributed by atoms with Crippen LogP contribution in [0.1, 0.15) is 46.3 Å². The summed E-state index contributed by atoms with van der Waals surface area (Å²) < 4.78 is 134. The SMILES string of the molecule is C[C@H](NC(=O)CC(F)(F)F)NC(=O)c1ccc(/C(F)=C/C(c2ccc(Br)c(Br)c2)C(F)(F)F)cc1C(F)(F)F. The molecule has 2 aromatic carbocycles. The highest BCUT2D eigenvalue weighted by Crippen LogP contribution is 2.41. The van der Waals surface area contributed by atoms with Crippen LogP contribution < -0.4 is 10.6 Å². The summed E-state index contributed by atoms with van der Waals surface area (Å²) in [5.41, 5.74) is -4.18. The Labute approximate surface area is 231 Å². The second kappa shape index (κ2) is 12.3. The number of hydrogen-bond donors (Lipinski definition) is 2. The van der Waals surface area contributed by atoms with Crippen LogP contribution in [-0.2, 0) is 11.0 Å². The summed E-state index contributed by atoms with van der Waals surface area (Å²) in [6, 6.07) is 4.59. The summed E-state index contributed by atoms with van der Waals surface area (Å²) >= 11 is 6.10. The predicted octanol–water partition coefficient (Wildman–Crippen LogP) is 8.03. The predicted molar refractivity (Wildman–Crippen MR) is 127 cm³/mol. The molecule has 214 valence electrons. The molecule has 2 atom stereocenters. The smallest absolute Gasteiger partial charge is 0.336 e. The average molecular weight is 702 g/mol. The normalized spacial score (nSPS) is 14.5. The zero-order valence-electron chi connectivity index (χ0n) is 19.3. The highest BCUT2D eigenvalue weighted by molar-refractivity contribution is 9.13. The standard InChI is InChI=1S/C23H16Br2F10N2O2/c1-10(36-19(38)9-21(27,28)29)37-20(39)13-4-2-12(6-15(13)23(33,34)35)18(26)8-14(22(30,31)32)11-3-5-16(24)17(25)7-11/h2-8,10,14H,9H2,1H3,(H,36,38)(H,37,39)/b18-8-/t10-,14?/m1/s1. The van der Waals surface area contributed by atoms with Crippen LogP contribution in [0.15, 0.2) is 51.4 Å². The average Bonchev–Trinajstić information content (AvgIpc) is 2.76. The number of nitrogens with one attached hydrogen (secondary N) is 2. The van der Waals surface area contributed by atoms with Crippen molar-refractivity contribution in [1.82, 2.24) is 10.6 Å². The lowest BCUT2D eigenvalue weighted by Crippen LogP contribution is -2.47. The van der Waals surface area contributed by atoms with Crippen molar-refractivity contribution in [2.75, 3.05) is 0 Å². The van der Waals surface area contributed by atoms with Crippen molar-refractivity contribution < 1.29 is 53.5 Å². The third-order valence-electron chi connectivity index (χ3n) is 4.90. The second-order valence-electron chi connectivity index (χ2n) is 8.02. The van der Waals surface area contributed by atoms with E-state index in [9.17, 15) is 53.5 Å². The molecule has 2 amide bonds. The Hall–Kier alpha value is -2.62. The Bertz CT molecular complexity index is 1260. The fourth-order valence-corrected chi connectivity index (χ4v) is 3.88. The third kappa shape index (κ3) is 9.51. The van der Waals surface area contributed by atoms with E-state index in [1.165, 1.54) is 6.07 Å². The molecule has 0 aliphatic heterocycles. The van der Waals surface area contributed by atoms with Gasteiger partial charge in [0.05, 0.1) is 17.3 Å². The molecule has 0 radical (unpaired) electrons. The summed E-state index contributed by atoms with van der Waals surface area (Å²) in [5, 5.41) is 3.58. The van der Waals surface area contributed by atoms with E-state index in [4.69, 9.17) is 0 Å². The molecule has 2 aromatic rings. The number of benzene rings is 2. The van der Waals surface area contributed by atoms with Crippen LogP contribution in [0.5, 0.6) is 0 Å². The van der Waals surface area contributed by atoms with Crippen LogP contribution in [0.3, 0.4) is 0 Å². The van der Waals surface area contributed by atoms with Crippen LogP contribution in [-0.4, -0.2) is 30.3 Å². The van der Waals surface area contributed by atoms with Crippen LogP contribution in [0, 0.1) is 0 Å². The molecular weight excluding hydrogens is 686 g/mol. The minimum atomic E-state index is -5.29.